The molecule has 0 unspecified atom stereocenters. The number of thioether (sulfide) groups is 1. The summed E-state index contributed by atoms with van der Waals surface area (Å²) in [6, 6.07) is 12.7. The van der Waals surface area contributed by atoms with E-state index < -0.39 is 0 Å². The molecule has 2 aromatic rings. The van der Waals surface area contributed by atoms with E-state index in [2.05, 4.69) is 10.6 Å². The first-order valence-electron chi connectivity index (χ1n) is 7.39. The molecule has 0 saturated heterocycles. The largest absolute Gasteiger partial charge is 0.352 e. The van der Waals surface area contributed by atoms with Gasteiger partial charge in [-0.15, -0.1) is 11.8 Å². The number of nitrogens with one attached hydrogen (secondary N) is 2. The minimum atomic E-state index is -0.186. The summed E-state index contributed by atoms with van der Waals surface area (Å²) in [4.78, 5) is 25.4. The van der Waals surface area contributed by atoms with Gasteiger partial charge in [-0.2, -0.15) is 0 Å². The number of hydrogen-bond acceptors (Lipinski definition) is 3. The molecule has 23 heavy (non-hydrogen) atoms. The first-order chi connectivity index (χ1) is 11.0. The van der Waals surface area contributed by atoms with Crippen LogP contribution in [0.1, 0.15) is 33.2 Å². The average molecular weight is 328 g/mol. The molecule has 0 atom stereocenters. The van der Waals surface area contributed by atoms with E-state index in [1.54, 1.807) is 36.0 Å². The van der Waals surface area contributed by atoms with E-state index in [1.807, 2.05) is 38.3 Å². The number of rotatable bonds is 5. The lowest BCUT2D eigenvalue weighted by Gasteiger charge is -2.11. The van der Waals surface area contributed by atoms with E-state index in [4.69, 9.17) is 0 Å². The Balaban J connectivity index is 2.19. The summed E-state index contributed by atoms with van der Waals surface area (Å²) in [5.41, 5.74) is 2.68. The molecule has 120 valence electrons. The van der Waals surface area contributed by atoms with Crippen LogP contribution in [0.5, 0.6) is 0 Å². The van der Waals surface area contributed by atoms with Gasteiger partial charge >= 0.3 is 0 Å². The SMILES string of the molecule is CCNC(=O)c1ccc(C)c(NC(=O)c2ccc(SC)cc2)c1. The molecule has 0 spiro atoms. The standard InChI is InChI=1S/C18H20N2O2S/c1-4-19-17(21)14-6-5-12(2)16(11-14)20-18(22)13-7-9-15(23-3)10-8-13/h5-11H,4H2,1-3H3,(H,19,21)(H,20,22). The summed E-state index contributed by atoms with van der Waals surface area (Å²) in [7, 11) is 0. The topological polar surface area (TPSA) is 58.2 Å². The fourth-order valence-electron chi connectivity index (χ4n) is 2.10. The van der Waals surface area contributed by atoms with Gasteiger partial charge in [0.2, 0.25) is 0 Å². The van der Waals surface area contributed by atoms with Crippen LogP contribution >= 0.6 is 11.8 Å². The van der Waals surface area contributed by atoms with Crippen LogP contribution < -0.4 is 10.6 Å². The van der Waals surface area contributed by atoms with Crippen LogP contribution in [-0.4, -0.2) is 24.6 Å². The van der Waals surface area contributed by atoms with E-state index in [9.17, 15) is 9.59 Å². The Morgan fingerprint density at radius 3 is 2.26 bits per heavy atom. The number of hydrogen-bond donors (Lipinski definition) is 2. The summed E-state index contributed by atoms with van der Waals surface area (Å²) < 4.78 is 0. The smallest absolute Gasteiger partial charge is 0.255 e. The Morgan fingerprint density at radius 1 is 1.00 bits per heavy atom. The van der Waals surface area contributed by atoms with Crippen molar-refractivity contribution in [2.75, 3.05) is 18.1 Å². The predicted octanol–water partition coefficient (Wildman–Crippen LogP) is 3.72. The van der Waals surface area contributed by atoms with Crippen molar-refractivity contribution >= 4 is 29.3 Å². The van der Waals surface area contributed by atoms with Crippen molar-refractivity contribution in [2.24, 2.45) is 0 Å². The van der Waals surface area contributed by atoms with E-state index in [1.165, 1.54) is 0 Å². The maximum absolute atomic E-state index is 12.4. The maximum atomic E-state index is 12.4. The van der Waals surface area contributed by atoms with Crippen molar-refractivity contribution in [3.05, 3.63) is 59.2 Å². The molecule has 2 aromatic carbocycles. The Labute approximate surface area is 140 Å². The van der Waals surface area contributed by atoms with Gasteiger partial charge in [0.1, 0.15) is 0 Å². The second-order valence-corrected chi connectivity index (χ2v) is 5.95. The molecule has 0 heterocycles. The molecule has 0 aromatic heterocycles. The van der Waals surface area contributed by atoms with Crippen molar-refractivity contribution in [2.45, 2.75) is 18.7 Å². The third-order valence-corrected chi connectivity index (χ3v) is 4.18. The first kappa shape index (κ1) is 17.1. The summed E-state index contributed by atoms with van der Waals surface area (Å²) in [5.74, 6) is -0.332. The number of carbonyl (C=O) groups is 2. The molecule has 0 aliphatic rings. The van der Waals surface area contributed by atoms with Crippen LogP contribution in [0.4, 0.5) is 5.69 Å². The predicted molar refractivity (Wildman–Crippen MR) is 95.4 cm³/mol. The van der Waals surface area contributed by atoms with Gasteiger partial charge in [-0.1, -0.05) is 6.07 Å². The molecule has 2 amide bonds. The lowest BCUT2D eigenvalue weighted by molar-refractivity contribution is 0.0954. The molecule has 0 aliphatic heterocycles. The Kier molecular flexibility index (Phi) is 5.82. The van der Waals surface area contributed by atoms with Crippen LogP contribution in [0.25, 0.3) is 0 Å². The van der Waals surface area contributed by atoms with Crippen LogP contribution in [-0.2, 0) is 0 Å². The number of benzene rings is 2. The van der Waals surface area contributed by atoms with Gasteiger partial charge in [-0.05, 0) is 62.1 Å². The van der Waals surface area contributed by atoms with Crippen LogP contribution in [0.15, 0.2) is 47.4 Å². The molecular formula is C18H20N2O2S. The summed E-state index contributed by atoms with van der Waals surface area (Å²) in [6.07, 6.45) is 1.99. The zero-order valence-electron chi connectivity index (χ0n) is 13.5. The van der Waals surface area contributed by atoms with Crippen molar-refractivity contribution < 1.29 is 9.59 Å². The molecule has 5 heteroatoms. The second-order valence-electron chi connectivity index (χ2n) is 5.07. The molecule has 0 bridgehead atoms. The Bertz CT molecular complexity index is 711. The minimum absolute atomic E-state index is 0.146. The molecule has 2 N–H and O–H groups in total. The number of amides is 2. The normalized spacial score (nSPS) is 10.2. The Hall–Kier alpha value is -2.27. The molecular weight excluding hydrogens is 308 g/mol. The van der Waals surface area contributed by atoms with E-state index >= 15 is 0 Å². The molecule has 4 nitrogen and oxygen atoms in total. The summed E-state index contributed by atoms with van der Waals surface area (Å²) in [6.45, 7) is 4.33. The van der Waals surface area contributed by atoms with E-state index in [0.29, 0.717) is 23.4 Å². The highest BCUT2D eigenvalue weighted by Crippen LogP contribution is 2.19. The average Bonchev–Trinajstić information content (AvgIpc) is 2.57. The lowest BCUT2D eigenvalue weighted by Crippen LogP contribution is -2.23. The summed E-state index contributed by atoms with van der Waals surface area (Å²) in [5, 5.41) is 5.63. The molecule has 0 radical (unpaired) electrons. The van der Waals surface area contributed by atoms with Gasteiger partial charge in [-0.25, -0.2) is 0 Å². The third-order valence-electron chi connectivity index (χ3n) is 3.44. The highest BCUT2D eigenvalue weighted by molar-refractivity contribution is 7.98. The van der Waals surface area contributed by atoms with Gasteiger partial charge in [0.25, 0.3) is 11.8 Å². The van der Waals surface area contributed by atoms with E-state index in [-0.39, 0.29) is 11.8 Å². The van der Waals surface area contributed by atoms with Crippen LogP contribution in [0.3, 0.4) is 0 Å². The highest BCUT2D eigenvalue weighted by Gasteiger charge is 2.11. The second kappa shape index (κ2) is 7.83. The van der Waals surface area contributed by atoms with Crippen molar-refractivity contribution in [3.8, 4) is 0 Å². The van der Waals surface area contributed by atoms with Gasteiger partial charge in [0, 0.05) is 28.3 Å². The quantitative estimate of drug-likeness (QED) is 0.823. The zero-order valence-corrected chi connectivity index (χ0v) is 14.3. The first-order valence-corrected chi connectivity index (χ1v) is 8.62. The minimum Gasteiger partial charge on any atom is -0.352 e. The molecule has 0 fully saturated rings. The Morgan fingerprint density at radius 2 is 1.65 bits per heavy atom. The fraction of sp³-hybridized carbons (Fsp3) is 0.222. The van der Waals surface area contributed by atoms with Gasteiger partial charge in [0.05, 0.1) is 0 Å². The van der Waals surface area contributed by atoms with Gasteiger partial charge in [-0.3, -0.25) is 9.59 Å². The van der Waals surface area contributed by atoms with Crippen LogP contribution in [0, 0.1) is 6.92 Å². The monoisotopic (exact) mass is 328 g/mol. The number of aryl methyl sites for hydroxylation is 1. The molecule has 2 rings (SSSR count). The fourth-order valence-corrected chi connectivity index (χ4v) is 2.51. The summed E-state index contributed by atoms with van der Waals surface area (Å²) >= 11 is 1.63. The molecule has 0 aliphatic carbocycles. The zero-order chi connectivity index (χ0) is 16.8. The molecule has 0 saturated carbocycles. The van der Waals surface area contributed by atoms with Crippen LogP contribution in [0.2, 0.25) is 0 Å². The van der Waals surface area contributed by atoms with Crippen molar-refractivity contribution in [1.29, 1.82) is 0 Å². The van der Waals surface area contributed by atoms with Gasteiger partial charge in [0.15, 0.2) is 0 Å². The lowest BCUT2D eigenvalue weighted by atomic mass is 10.1. The van der Waals surface area contributed by atoms with E-state index in [0.717, 1.165) is 10.5 Å². The van der Waals surface area contributed by atoms with Crippen molar-refractivity contribution in [1.82, 2.24) is 5.32 Å². The number of carbonyl (C=O) groups excluding carboxylic acids is 2. The third kappa shape index (κ3) is 4.36. The maximum Gasteiger partial charge on any atom is 0.255 e. The van der Waals surface area contributed by atoms with Gasteiger partial charge < -0.3 is 10.6 Å². The van der Waals surface area contributed by atoms with Crippen molar-refractivity contribution in [3.63, 3.8) is 0 Å². The number of anilines is 1. The highest BCUT2D eigenvalue weighted by atomic mass is 32.2.